The van der Waals surface area contributed by atoms with Gasteiger partial charge in [-0.1, -0.05) is 0 Å². The molecule has 0 aromatic heterocycles. The topological polar surface area (TPSA) is 90.7 Å². The molecule has 0 radical (unpaired) electrons. The highest BCUT2D eigenvalue weighted by Gasteiger charge is 2.43. The molecule has 0 aromatic rings. The molecule has 0 unspecified atom stereocenters. The van der Waals surface area contributed by atoms with Crippen LogP contribution in [0.4, 0.5) is 9.59 Å². The molecule has 110 valence electrons. The van der Waals surface area contributed by atoms with E-state index in [2.05, 4.69) is 5.32 Å². The molecule has 0 saturated heterocycles. The van der Waals surface area contributed by atoms with Crippen molar-refractivity contribution < 1.29 is 19.1 Å². The molecule has 1 rings (SSSR count). The molecular weight excluding hydrogens is 248 g/mol. The minimum Gasteiger partial charge on any atom is -0.444 e. The number of rotatable bonds is 4. The number of nitrogens with two attached hydrogens (primary N) is 1. The van der Waals surface area contributed by atoms with Crippen LogP contribution in [0.3, 0.4) is 0 Å². The summed E-state index contributed by atoms with van der Waals surface area (Å²) in [5.41, 5.74) is 3.90. The van der Waals surface area contributed by atoms with Gasteiger partial charge in [0, 0.05) is 6.04 Å². The highest BCUT2D eigenvalue weighted by molar-refractivity contribution is 5.68. The van der Waals surface area contributed by atoms with Gasteiger partial charge in [-0.15, -0.1) is 0 Å². The lowest BCUT2D eigenvalue weighted by Crippen LogP contribution is -2.36. The van der Waals surface area contributed by atoms with Crippen molar-refractivity contribution in [2.75, 3.05) is 0 Å². The maximum Gasteiger partial charge on any atom is 0.407 e. The zero-order valence-corrected chi connectivity index (χ0v) is 12.3. The summed E-state index contributed by atoms with van der Waals surface area (Å²) in [6, 6.07) is 0.0885. The Labute approximate surface area is 114 Å². The third-order valence-electron chi connectivity index (χ3n) is 2.76. The lowest BCUT2D eigenvalue weighted by Gasteiger charge is -2.24. The molecule has 1 aliphatic rings. The smallest absolute Gasteiger partial charge is 0.407 e. The lowest BCUT2D eigenvalue weighted by atomic mass is 10.0. The zero-order valence-electron chi connectivity index (χ0n) is 12.3. The number of primary amides is 1. The molecule has 0 spiro atoms. The Morgan fingerprint density at radius 3 is 2.26 bits per heavy atom. The summed E-state index contributed by atoms with van der Waals surface area (Å²) in [7, 11) is 0. The highest BCUT2D eigenvalue weighted by Crippen LogP contribution is 2.38. The Kier molecular flexibility index (Phi) is 4.32. The largest absolute Gasteiger partial charge is 0.444 e. The SMILES string of the molecule is CC(C)(C)OC(=O)N[C@H]1C[C@H]1CC(C)(C)OC(N)=O. The van der Waals surface area contributed by atoms with Crippen molar-refractivity contribution in [2.24, 2.45) is 11.7 Å². The Balaban J connectivity index is 2.32. The zero-order chi connectivity index (χ0) is 14.8. The second-order valence-corrected chi connectivity index (χ2v) is 6.63. The summed E-state index contributed by atoms with van der Waals surface area (Å²) in [6.45, 7) is 9.07. The van der Waals surface area contributed by atoms with Gasteiger partial charge in [-0.05, 0) is 53.4 Å². The van der Waals surface area contributed by atoms with Gasteiger partial charge in [-0.25, -0.2) is 9.59 Å². The average Bonchev–Trinajstić information content (AvgIpc) is 2.74. The molecule has 0 bridgehead atoms. The second-order valence-electron chi connectivity index (χ2n) is 6.63. The van der Waals surface area contributed by atoms with Crippen LogP contribution in [0.25, 0.3) is 0 Å². The van der Waals surface area contributed by atoms with Gasteiger partial charge in [-0.3, -0.25) is 0 Å². The summed E-state index contributed by atoms with van der Waals surface area (Å²) >= 11 is 0. The molecule has 6 nitrogen and oxygen atoms in total. The van der Waals surface area contributed by atoms with Gasteiger partial charge >= 0.3 is 12.2 Å². The van der Waals surface area contributed by atoms with E-state index in [-0.39, 0.29) is 6.04 Å². The third kappa shape index (κ3) is 6.31. The monoisotopic (exact) mass is 272 g/mol. The van der Waals surface area contributed by atoms with Crippen LogP contribution in [0.2, 0.25) is 0 Å². The first-order valence-electron chi connectivity index (χ1n) is 6.46. The number of hydrogen-bond donors (Lipinski definition) is 2. The minimum absolute atomic E-state index is 0.0885. The number of alkyl carbamates (subject to hydrolysis) is 1. The first-order chi connectivity index (χ1) is 8.48. The van der Waals surface area contributed by atoms with Crippen LogP contribution in [0.15, 0.2) is 0 Å². The summed E-state index contributed by atoms with van der Waals surface area (Å²) in [5, 5.41) is 2.80. The van der Waals surface area contributed by atoms with Gasteiger partial charge in [0.05, 0.1) is 0 Å². The van der Waals surface area contributed by atoms with Crippen molar-refractivity contribution in [3.8, 4) is 0 Å². The second kappa shape index (κ2) is 5.27. The number of carbonyl (C=O) groups excluding carboxylic acids is 2. The van der Waals surface area contributed by atoms with E-state index in [0.29, 0.717) is 12.3 Å². The maximum absolute atomic E-state index is 11.6. The van der Waals surface area contributed by atoms with E-state index in [1.165, 1.54) is 0 Å². The fraction of sp³-hybridized carbons (Fsp3) is 0.846. The standard InChI is InChI=1S/C13H24N2O4/c1-12(2,3)19-11(17)15-9-6-8(9)7-13(4,5)18-10(14)16/h8-9H,6-7H2,1-5H3,(H2,14,16)(H,15,17)/t8-,9-/m0/s1. The third-order valence-corrected chi connectivity index (χ3v) is 2.76. The normalized spacial score (nSPS) is 22.6. The van der Waals surface area contributed by atoms with Crippen molar-refractivity contribution in [3.05, 3.63) is 0 Å². The van der Waals surface area contributed by atoms with Crippen molar-refractivity contribution in [1.82, 2.24) is 5.32 Å². The van der Waals surface area contributed by atoms with Crippen LogP contribution in [0.1, 0.15) is 47.5 Å². The van der Waals surface area contributed by atoms with Crippen LogP contribution >= 0.6 is 0 Å². The molecule has 3 N–H and O–H groups in total. The number of ether oxygens (including phenoxy) is 2. The van der Waals surface area contributed by atoms with E-state index in [1.54, 1.807) is 13.8 Å². The fourth-order valence-corrected chi connectivity index (χ4v) is 2.05. The molecule has 2 amide bonds. The van der Waals surface area contributed by atoms with Crippen LogP contribution in [0.5, 0.6) is 0 Å². The van der Waals surface area contributed by atoms with E-state index < -0.39 is 23.4 Å². The van der Waals surface area contributed by atoms with Gasteiger partial charge in [0.1, 0.15) is 11.2 Å². The van der Waals surface area contributed by atoms with Crippen LogP contribution in [-0.4, -0.2) is 29.4 Å². The summed E-state index contributed by atoms with van der Waals surface area (Å²) < 4.78 is 10.2. The van der Waals surface area contributed by atoms with Crippen molar-refractivity contribution in [1.29, 1.82) is 0 Å². The summed E-state index contributed by atoms with van der Waals surface area (Å²) in [4.78, 5) is 22.3. The van der Waals surface area contributed by atoms with E-state index in [9.17, 15) is 9.59 Å². The Morgan fingerprint density at radius 1 is 1.21 bits per heavy atom. The van der Waals surface area contributed by atoms with Crippen molar-refractivity contribution >= 4 is 12.2 Å². The van der Waals surface area contributed by atoms with E-state index in [0.717, 1.165) is 6.42 Å². The molecule has 1 fully saturated rings. The van der Waals surface area contributed by atoms with Crippen LogP contribution < -0.4 is 11.1 Å². The maximum atomic E-state index is 11.6. The quantitative estimate of drug-likeness (QED) is 0.820. The Morgan fingerprint density at radius 2 is 1.79 bits per heavy atom. The first kappa shape index (κ1) is 15.6. The van der Waals surface area contributed by atoms with Gasteiger partial charge in [-0.2, -0.15) is 0 Å². The molecule has 0 aromatic carbocycles. The summed E-state index contributed by atoms with van der Waals surface area (Å²) in [6.07, 6.45) is 0.345. The molecule has 2 atom stereocenters. The number of hydrogen-bond acceptors (Lipinski definition) is 4. The lowest BCUT2D eigenvalue weighted by molar-refractivity contribution is 0.0328. The van der Waals surface area contributed by atoms with E-state index in [1.807, 2.05) is 20.8 Å². The summed E-state index contributed by atoms with van der Waals surface area (Å²) in [5.74, 6) is 0.293. The minimum atomic E-state index is -0.776. The van der Waals surface area contributed by atoms with E-state index in [4.69, 9.17) is 15.2 Å². The molecule has 1 saturated carbocycles. The van der Waals surface area contributed by atoms with Crippen LogP contribution in [-0.2, 0) is 9.47 Å². The van der Waals surface area contributed by atoms with Crippen molar-refractivity contribution in [3.63, 3.8) is 0 Å². The number of amides is 2. The van der Waals surface area contributed by atoms with Gasteiger partial charge in [0.2, 0.25) is 0 Å². The van der Waals surface area contributed by atoms with Gasteiger partial charge < -0.3 is 20.5 Å². The van der Waals surface area contributed by atoms with Gasteiger partial charge in [0.15, 0.2) is 0 Å². The first-order valence-corrected chi connectivity index (χ1v) is 6.46. The molecule has 1 aliphatic carbocycles. The van der Waals surface area contributed by atoms with Crippen LogP contribution in [0, 0.1) is 5.92 Å². The molecule has 0 heterocycles. The highest BCUT2D eigenvalue weighted by atomic mass is 16.6. The number of carbonyl (C=O) groups is 2. The predicted molar refractivity (Wildman–Crippen MR) is 70.6 cm³/mol. The van der Waals surface area contributed by atoms with Crippen molar-refractivity contribution in [2.45, 2.75) is 64.7 Å². The molecular formula is C13H24N2O4. The fourth-order valence-electron chi connectivity index (χ4n) is 2.05. The Bertz CT molecular complexity index is 360. The molecule has 19 heavy (non-hydrogen) atoms. The average molecular weight is 272 g/mol. The predicted octanol–water partition coefficient (Wildman–Crippen LogP) is 2.16. The Hall–Kier alpha value is -1.46. The molecule has 0 aliphatic heterocycles. The van der Waals surface area contributed by atoms with E-state index >= 15 is 0 Å². The number of nitrogens with one attached hydrogen (secondary N) is 1. The molecule has 6 heteroatoms. The van der Waals surface area contributed by atoms with Gasteiger partial charge in [0.25, 0.3) is 0 Å².